The molecule has 1 atom stereocenters. The average Bonchev–Trinajstić information content (AvgIpc) is 3.19. The van der Waals surface area contributed by atoms with Crippen molar-refractivity contribution in [3.05, 3.63) is 29.8 Å². The van der Waals surface area contributed by atoms with Gasteiger partial charge in [-0.15, -0.1) is 0 Å². The van der Waals surface area contributed by atoms with Crippen molar-refractivity contribution in [2.75, 3.05) is 6.54 Å². The van der Waals surface area contributed by atoms with Crippen LogP contribution in [0.15, 0.2) is 24.3 Å². The van der Waals surface area contributed by atoms with E-state index < -0.39 is 11.7 Å². The first-order chi connectivity index (χ1) is 9.50. The van der Waals surface area contributed by atoms with E-state index in [2.05, 4.69) is 5.32 Å². The molecule has 1 aliphatic rings. The second-order valence-corrected chi connectivity index (χ2v) is 5.20. The minimum atomic E-state index is -4.38. The maximum Gasteiger partial charge on any atom is 0.419 e. The Labute approximate surface area is 117 Å². The molecule has 1 fully saturated rings. The van der Waals surface area contributed by atoms with Gasteiger partial charge in [0.1, 0.15) is 11.9 Å². The van der Waals surface area contributed by atoms with Gasteiger partial charge in [0.05, 0.1) is 5.56 Å². The molecule has 0 heterocycles. The Morgan fingerprint density at radius 2 is 2.00 bits per heavy atom. The second kappa shape index (κ2) is 6.48. The Kier molecular flexibility index (Phi) is 4.91. The van der Waals surface area contributed by atoms with Gasteiger partial charge in [0.2, 0.25) is 0 Å². The van der Waals surface area contributed by atoms with Crippen LogP contribution in [0.4, 0.5) is 13.2 Å². The van der Waals surface area contributed by atoms with Crippen LogP contribution in [0, 0.1) is 0 Å². The maximum atomic E-state index is 12.9. The van der Waals surface area contributed by atoms with Crippen molar-refractivity contribution >= 4 is 0 Å². The van der Waals surface area contributed by atoms with Crippen molar-refractivity contribution in [3.8, 4) is 5.75 Å². The molecule has 20 heavy (non-hydrogen) atoms. The molecule has 0 radical (unpaired) electrons. The zero-order valence-electron chi connectivity index (χ0n) is 11.5. The second-order valence-electron chi connectivity index (χ2n) is 5.20. The molecule has 1 unspecified atom stereocenters. The number of nitrogens with one attached hydrogen (secondary N) is 1. The summed E-state index contributed by atoms with van der Waals surface area (Å²) < 4.78 is 44.3. The highest BCUT2D eigenvalue weighted by Crippen LogP contribution is 2.36. The highest BCUT2D eigenvalue weighted by Gasteiger charge is 2.34. The summed E-state index contributed by atoms with van der Waals surface area (Å²) in [7, 11) is 0. The van der Waals surface area contributed by atoms with Gasteiger partial charge in [-0.25, -0.2) is 0 Å². The number of hydrogen-bond acceptors (Lipinski definition) is 2. The molecule has 2 rings (SSSR count). The summed E-state index contributed by atoms with van der Waals surface area (Å²) >= 11 is 0. The maximum absolute atomic E-state index is 12.9. The molecular weight excluding hydrogens is 267 g/mol. The fourth-order valence-electron chi connectivity index (χ4n) is 2.09. The normalized spacial score (nSPS) is 17.0. The van der Waals surface area contributed by atoms with Crippen LogP contribution in [0.3, 0.4) is 0 Å². The molecule has 0 amide bonds. The van der Waals surface area contributed by atoms with Crippen LogP contribution < -0.4 is 10.1 Å². The Morgan fingerprint density at radius 1 is 1.30 bits per heavy atom. The summed E-state index contributed by atoms with van der Waals surface area (Å²) in [5.41, 5.74) is -0.701. The van der Waals surface area contributed by atoms with Crippen LogP contribution in [-0.2, 0) is 6.18 Å². The van der Waals surface area contributed by atoms with E-state index in [4.69, 9.17) is 4.74 Å². The van der Waals surface area contributed by atoms with Crippen LogP contribution in [-0.4, -0.2) is 18.7 Å². The van der Waals surface area contributed by atoms with Gasteiger partial charge in [-0.2, -0.15) is 13.2 Å². The standard InChI is InChI=1S/C15H20F3NO/c1-2-5-12(10-19-11-8-9-11)20-14-7-4-3-6-13(14)15(16,17)18/h3-4,6-7,11-12,19H,2,5,8-10H2,1H3. The van der Waals surface area contributed by atoms with Crippen molar-refractivity contribution in [2.45, 2.75) is 50.9 Å². The Balaban J connectivity index is 2.04. The van der Waals surface area contributed by atoms with E-state index in [0.717, 1.165) is 31.7 Å². The third kappa shape index (κ3) is 4.40. The molecule has 0 aromatic heterocycles. The van der Waals surface area contributed by atoms with E-state index in [9.17, 15) is 13.2 Å². The first kappa shape index (κ1) is 15.2. The monoisotopic (exact) mass is 287 g/mol. The molecule has 112 valence electrons. The Bertz CT molecular complexity index is 429. The average molecular weight is 287 g/mol. The van der Waals surface area contributed by atoms with E-state index in [1.54, 1.807) is 6.07 Å². The van der Waals surface area contributed by atoms with Crippen molar-refractivity contribution in [2.24, 2.45) is 0 Å². The smallest absolute Gasteiger partial charge is 0.419 e. The molecule has 1 saturated carbocycles. The van der Waals surface area contributed by atoms with Gasteiger partial charge < -0.3 is 10.1 Å². The highest BCUT2D eigenvalue weighted by atomic mass is 19.4. The molecule has 0 spiro atoms. The first-order valence-corrected chi connectivity index (χ1v) is 7.07. The third-order valence-corrected chi connectivity index (χ3v) is 3.31. The zero-order chi connectivity index (χ0) is 14.6. The van der Waals surface area contributed by atoms with Gasteiger partial charge in [-0.05, 0) is 31.4 Å². The van der Waals surface area contributed by atoms with Crippen LogP contribution in [0.1, 0.15) is 38.2 Å². The number of halogens is 3. The van der Waals surface area contributed by atoms with Crippen LogP contribution in [0.5, 0.6) is 5.75 Å². The van der Waals surface area contributed by atoms with Gasteiger partial charge in [0, 0.05) is 12.6 Å². The number of rotatable bonds is 7. The number of para-hydroxylation sites is 1. The Hall–Kier alpha value is -1.23. The third-order valence-electron chi connectivity index (χ3n) is 3.31. The largest absolute Gasteiger partial charge is 0.488 e. The quantitative estimate of drug-likeness (QED) is 0.818. The predicted molar refractivity (Wildman–Crippen MR) is 71.8 cm³/mol. The van der Waals surface area contributed by atoms with Crippen LogP contribution in [0.2, 0.25) is 0 Å². The molecule has 0 bridgehead atoms. The van der Waals surface area contributed by atoms with Crippen molar-refractivity contribution in [1.82, 2.24) is 5.32 Å². The molecule has 1 N–H and O–H groups in total. The van der Waals surface area contributed by atoms with Gasteiger partial charge in [0.25, 0.3) is 0 Å². The van der Waals surface area contributed by atoms with Crippen molar-refractivity contribution in [3.63, 3.8) is 0 Å². The SMILES string of the molecule is CCCC(CNC1CC1)Oc1ccccc1C(F)(F)F. The molecule has 1 aromatic carbocycles. The van der Waals surface area contributed by atoms with Crippen LogP contribution in [0.25, 0.3) is 0 Å². The fourth-order valence-corrected chi connectivity index (χ4v) is 2.09. The molecule has 0 aliphatic heterocycles. The summed E-state index contributed by atoms with van der Waals surface area (Å²) in [6.45, 7) is 2.61. The predicted octanol–water partition coefficient (Wildman–Crippen LogP) is 4.00. The number of benzene rings is 1. The fraction of sp³-hybridized carbons (Fsp3) is 0.600. The van der Waals surface area contributed by atoms with E-state index in [1.165, 1.54) is 12.1 Å². The molecule has 0 saturated heterocycles. The molecule has 2 nitrogen and oxygen atoms in total. The summed E-state index contributed by atoms with van der Waals surface area (Å²) in [4.78, 5) is 0. The molecule has 1 aromatic rings. The minimum absolute atomic E-state index is 0.0731. The van der Waals surface area contributed by atoms with E-state index in [-0.39, 0.29) is 11.9 Å². The van der Waals surface area contributed by atoms with Crippen molar-refractivity contribution in [1.29, 1.82) is 0 Å². The van der Waals surface area contributed by atoms with E-state index in [1.807, 2.05) is 6.92 Å². The van der Waals surface area contributed by atoms with Gasteiger partial charge in [-0.1, -0.05) is 25.5 Å². The number of alkyl halides is 3. The first-order valence-electron chi connectivity index (χ1n) is 7.07. The highest BCUT2D eigenvalue weighted by molar-refractivity contribution is 5.35. The number of hydrogen-bond donors (Lipinski definition) is 1. The summed E-state index contributed by atoms with van der Waals surface area (Å²) in [5, 5.41) is 3.31. The molecular formula is C15H20F3NO. The lowest BCUT2D eigenvalue weighted by Gasteiger charge is -2.21. The number of ether oxygens (including phenoxy) is 1. The van der Waals surface area contributed by atoms with Gasteiger partial charge >= 0.3 is 6.18 Å². The lowest BCUT2D eigenvalue weighted by atomic mass is 10.1. The molecule has 1 aliphatic carbocycles. The van der Waals surface area contributed by atoms with E-state index >= 15 is 0 Å². The molecule has 5 heteroatoms. The van der Waals surface area contributed by atoms with Crippen LogP contribution >= 0.6 is 0 Å². The van der Waals surface area contributed by atoms with Gasteiger partial charge in [-0.3, -0.25) is 0 Å². The summed E-state index contributed by atoms with van der Waals surface area (Å²) in [5.74, 6) is -0.0731. The topological polar surface area (TPSA) is 21.3 Å². The summed E-state index contributed by atoms with van der Waals surface area (Å²) in [6.07, 6.45) is -0.672. The lowest BCUT2D eigenvalue weighted by Crippen LogP contribution is -2.33. The minimum Gasteiger partial charge on any atom is -0.488 e. The Morgan fingerprint density at radius 3 is 2.60 bits per heavy atom. The zero-order valence-corrected chi connectivity index (χ0v) is 11.5. The van der Waals surface area contributed by atoms with Crippen molar-refractivity contribution < 1.29 is 17.9 Å². The van der Waals surface area contributed by atoms with E-state index in [0.29, 0.717) is 12.6 Å². The lowest BCUT2D eigenvalue weighted by molar-refractivity contribution is -0.139. The van der Waals surface area contributed by atoms with Gasteiger partial charge in [0.15, 0.2) is 0 Å². The summed E-state index contributed by atoms with van der Waals surface area (Å²) in [6, 6.07) is 5.93.